The van der Waals surface area contributed by atoms with E-state index in [9.17, 15) is 14.7 Å². The smallest absolute Gasteiger partial charge is 0.267 e. The summed E-state index contributed by atoms with van der Waals surface area (Å²) in [5.41, 5.74) is 0.847. The van der Waals surface area contributed by atoms with Crippen molar-refractivity contribution >= 4 is 11.8 Å². The second-order valence-electron chi connectivity index (χ2n) is 8.25. The van der Waals surface area contributed by atoms with Crippen LogP contribution in [0.25, 0.3) is 0 Å². The van der Waals surface area contributed by atoms with Crippen LogP contribution in [-0.4, -0.2) is 45.3 Å². The van der Waals surface area contributed by atoms with Crippen molar-refractivity contribution < 1.29 is 14.7 Å². The fourth-order valence-electron chi connectivity index (χ4n) is 4.89. The molecule has 3 aliphatic rings. The fraction of sp³-hybridized carbons (Fsp3) is 0.636. The number of aliphatic hydroxyl groups excluding tert-OH is 1. The van der Waals surface area contributed by atoms with E-state index in [0.717, 1.165) is 57.2 Å². The van der Waals surface area contributed by atoms with Gasteiger partial charge < -0.3 is 15.3 Å². The lowest BCUT2D eigenvalue weighted by atomic mass is 9.90. The first-order valence-corrected chi connectivity index (χ1v) is 10.6. The number of allylic oxidation sites excluding steroid dienone is 1. The Labute approximate surface area is 168 Å². The highest BCUT2D eigenvalue weighted by atomic mass is 16.3. The van der Waals surface area contributed by atoms with Crippen LogP contribution in [-0.2, 0) is 9.59 Å². The minimum atomic E-state index is -0.452. The minimum absolute atomic E-state index is 0.0588. The zero-order chi connectivity index (χ0) is 20.3. The van der Waals surface area contributed by atoms with Crippen molar-refractivity contribution in [3.8, 4) is 0 Å². The molecule has 1 heterocycles. The van der Waals surface area contributed by atoms with Crippen molar-refractivity contribution in [3.05, 3.63) is 36.0 Å². The Hall–Kier alpha value is -2.24. The van der Waals surface area contributed by atoms with Crippen molar-refractivity contribution in [1.29, 1.82) is 0 Å². The van der Waals surface area contributed by atoms with Crippen LogP contribution < -0.4 is 5.32 Å². The van der Waals surface area contributed by atoms with Gasteiger partial charge in [-0.25, -0.2) is 0 Å². The summed E-state index contributed by atoms with van der Waals surface area (Å²) in [7, 11) is 0. The van der Waals surface area contributed by atoms with Gasteiger partial charge in [0, 0.05) is 17.8 Å². The Morgan fingerprint density at radius 1 is 1.04 bits per heavy atom. The number of amides is 2. The van der Waals surface area contributed by atoms with E-state index in [2.05, 4.69) is 23.4 Å². The summed E-state index contributed by atoms with van der Waals surface area (Å²) in [5.74, 6) is -0.119. The molecule has 154 valence electrons. The van der Waals surface area contributed by atoms with Crippen LogP contribution in [0.4, 0.5) is 0 Å². The summed E-state index contributed by atoms with van der Waals surface area (Å²) in [6.07, 6.45) is 10.9. The maximum absolute atomic E-state index is 13.4. The van der Waals surface area contributed by atoms with Crippen molar-refractivity contribution in [3.63, 3.8) is 0 Å². The molecule has 28 heavy (non-hydrogen) atoms. The Bertz CT molecular complexity index is 685. The highest BCUT2D eigenvalue weighted by Crippen LogP contribution is 2.37. The Balaban J connectivity index is 1.96. The minimum Gasteiger partial charge on any atom is -0.511 e. The molecule has 0 radical (unpaired) electrons. The first-order chi connectivity index (χ1) is 13.4. The summed E-state index contributed by atoms with van der Waals surface area (Å²) in [6, 6.07) is 0.375. The monoisotopic (exact) mass is 387 g/mol. The molecule has 2 N–H and O–H groups in total. The molecule has 0 aromatic rings. The van der Waals surface area contributed by atoms with E-state index < -0.39 is 5.91 Å². The fourth-order valence-corrected chi connectivity index (χ4v) is 4.89. The van der Waals surface area contributed by atoms with Crippen molar-refractivity contribution in [2.24, 2.45) is 0 Å². The summed E-state index contributed by atoms with van der Waals surface area (Å²) in [4.78, 5) is 30.2. The third-order valence-electron chi connectivity index (χ3n) is 6.27. The van der Waals surface area contributed by atoms with Gasteiger partial charge in [0.05, 0.1) is 6.54 Å². The molecule has 0 saturated heterocycles. The maximum Gasteiger partial charge on any atom is 0.267 e. The lowest BCUT2D eigenvalue weighted by Gasteiger charge is -2.48. The number of hydrogen-bond donors (Lipinski definition) is 2. The molecule has 0 unspecified atom stereocenters. The van der Waals surface area contributed by atoms with Gasteiger partial charge in [-0.15, -0.1) is 0 Å². The van der Waals surface area contributed by atoms with Crippen molar-refractivity contribution in [2.45, 2.75) is 83.2 Å². The molecule has 2 amide bonds. The number of nitrogens with one attached hydrogen (secondary N) is 1. The first kappa shape index (κ1) is 20.5. The van der Waals surface area contributed by atoms with Gasteiger partial charge in [0.15, 0.2) is 0 Å². The normalized spacial score (nSPS) is 22.6. The van der Waals surface area contributed by atoms with Crippen LogP contribution in [0.3, 0.4) is 0 Å². The third-order valence-corrected chi connectivity index (χ3v) is 6.27. The van der Waals surface area contributed by atoms with E-state index in [0.29, 0.717) is 5.70 Å². The molecule has 6 nitrogen and oxygen atoms in total. The summed E-state index contributed by atoms with van der Waals surface area (Å²) in [6.45, 7) is 9.50. The second kappa shape index (κ2) is 8.84. The molecule has 2 saturated carbocycles. The number of rotatable bonds is 5. The second-order valence-corrected chi connectivity index (χ2v) is 8.25. The van der Waals surface area contributed by atoms with Crippen molar-refractivity contribution in [1.82, 2.24) is 15.1 Å². The Morgan fingerprint density at radius 3 is 2.04 bits per heavy atom. The molecular weight excluding hydrogens is 354 g/mol. The van der Waals surface area contributed by atoms with E-state index in [1.165, 1.54) is 12.8 Å². The van der Waals surface area contributed by atoms with Crippen LogP contribution in [0.15, 0.2) is 36.0 Å². The number of carbonyl (C=O) groups excluding carboxylic acids is 2. The van der Waals surface area contributed by atoms with Crippen LogP contribution >= 0.6 is 0 Å². The topological polar surface area (TPSA) is 72.9 Å². The van der Waals surface area contributed by atoms with Gasteiger partial charge in [-0.05, 0) is 32.6 Å². The van der Waals surface area contributed by atoms with Gasteiger partial charge >= 0.3 is 0 Å². The van der Waals surface area contributed by atoms with E-state index in [1.807, 2.05) is 6.92 Å². The molecule has 2 aliphatic carbocycles. The number of carbonyl (C=O) groups is 2. The quantitative estimate of drug-likeness (QED) is 0.557. The van der Waals surface area contributed by atoms with Gasteiger partial charge in [0.25, 0.3) is 11.8 Å². The van der Waals surface area contributed by atoms with Crippen LogP contribution in [0.2, 0.25) is 0 Å². The van der Waals surface area contributed by atoms with Gasteiger partial charge in [0.1, 0.15) is 17.2 Å². The van der Waals surface area contributed by atoms with Gasteiger partial charge in [0.2, 0.25) is 0 Å². The number of nitrogens with zero attached hydrogens (tertiary/aromatic N) is 2. The highest BCUT2D eigenvalue weighted by molar-refractivity contribution is 6.20. The average molecular weight is 388 g/mol. The van der Waals surface area contributed by atoms with Crippen molar-refractivity contribution in [2.75, 3.05) is 6.54 Å². The summed E-state index contributed by atoms with van der Waals surface area (Å²) < 4.78 is 0. The number of aliphatic hydroxyl groups is 1. The first-order valence-electron chi connectivity index (χ1n) is 10.6. The number of hydrogen-bond acceptors (Lipinski definition) is 4. The van der Waals surface area contributed by atoms with E-state index in [1.54, 1.807) is 4.90 Å². The molecule has 0 aromatic heterocycles. The standard InChI is InChI=1S/C22H33N3O3/c1-15(26)14-23-21(27)20-16(2)24(18-10-6-4-7-11-18)17(3)25(22(20)28)19-12-8-5-9-13-19/h18-19,26H,1,3-14H2,2H3,(H,23,27). The largest absolute Gasteiger partial charge is 0.511 e. The summed E-state index contributed by atoms with van der Waals surface area (Å²) in [5, 5.41) is 12.0. The molecule has 1 aliphatic heterocycles. The predicted molar refractivity (Wildman–Crippen MR) is 109 cm³/mol. The lowest BCUT2D eigenvalue weighted by molar-refractivity contribution is -0.133. The highest BCUT2D eigenvalue weighted by Gasteiger charge is 2.42. The average Bonchev–Trinajstić information content (AvgIpc) is 2.68. The van der Waals surface area contributed by atoms with Crippen LogP contribution in [0, 0.1) is 0 Å². The van der Waals surface area contributed by atoms with Crippen LogP contribution in [0.1, 0.15) is 71.1 Å². The zero-order valence-corrected chi connectivity index (χ0v) is 17.0. The molecule has 2 fully saturated rings. The molecular formula is C22H33N3O3. The summed E-state index contributed by atoms with van der Waals surface area (Å²) >= 11 is 0. The Morgan fingerprint density at radius 2 is 1.54 bits per heavy atom. The van der Waals surface area contributed by atoms with Gasteiger partial charge in [-0.1, -0.05) is 51.7 Å². The zero-order valence-electron chi connectivity index (χ0n) is 17.0. The van der Waals surface area contributed by atoms with E-state index in [4.69, 9.17) is 0 Å². The molecule has 0 bridgehead atoms. The SMILES string of the molecule is C=C(O)CNC(=O)C1=C(C)N(C2CCCCC2)C(=C)N(C2CCCCC2)C1=O. The van der Waals surface area contributed by atoms with E-state index in [-0.39, 0.29) is 35.9 Å². The maximum atomic E-state index is 13.4. The Kier molecular flexibility index (Phi) is 6.47. The predicted octanol–water partition coefficient (Wildman–Crippen LogP) is 3.73. The molecule has 0 aromatic carbocycles. The van der Waals surface area contributed by atoms with Gasteiger partial charge in [-0.3, -0.25) is 14.5 Å². The third kappa shape index (κ3) is 4.10. The molecule has 0 atom stereocenters. The van der Waals surface area contributed by atoms with Gasteiger partial charge in [-0.2, -0.15) is 0 Å². The van der Waals surface area contributed by atoms with Crippen LogP contribution in [0.5, 0.6) is 0 Å². The molecule has 0 spiro atoms. The molecule has 6 heteroatoms. The van der Waals surface area contributed by atoms with E-state index >= 15 is 0 Å². The lowest BCUT2D eigenvalue weighted by Crippen LogP contribution is -2.54. The molecule has 3 rings (SSSR count).